The lowest BCUT2D eigenvalue weighted by Gasteiger charge is -2.21. The lowest BCUT2D eigenvalue weighted by atomic mass is 10.1. The van der Waals surface area contributed by atoms with Gasteiger partial charge in [0.1, 0.15) is 11.3 Å². The monoisotopic (exact) mass is 521 g/mol. The molecule has 3 N–H and O–H groups in total. The third kappa shape index (κ3) is 3.99. The summed E-state index contributed by atoms with van der Waals surface area (Å²) >= 11 is 3.42. The highest BCUT2D eigenvalue weighted by Gasteiger charge is 2.20. The van der Waals surface area contributed by atoms with Crippen LogP contribution in [0.25, 0.3) is 28.2 Å². The number of likely N-dealkylation sites (N-methyl/N-ethyl adjacent to an activating group) is 1. The summed E-state index contributed by atoms with van der Waals surface area (Å²) in [5, 5.41) is 0. The minimum absolute atomic E-state index is 0.0991. The summed E-state index contributed by atoms with van der Waals surface area (Å²) < 4.78 is 2.91. The topological polar surface area (TPSA) is 96.1 Å². The number of nitrogens with two attached hydrogens (primary N) is 1. The van der Waals surface area contributed by atoms with Gasteiger partial charge in [0.15, 0.2) is 5.65 Å². The van der Waals surface area contributed by atoms with Gasteiger partial charge in [0.25, 0.3) is 5.91 Å². The summed E-state index contributed by atoms with van der Waals surface area (Å²) in [7, 11) is 2.11. The number of anilines is 1. The minimum Gasteiger partial charge on any atom is -0.396 e. The number of hydrogen-bond acceptors (Lipinski definition) is 5. The van der Waals surface area contributed by atoms with E-state index >= 15 is 0 Å². The lowest BCUT2D eigenvalue weighted by molar-refractivity contribution is 0.0763. The lowest BCUT2D eigenvalue weighted by Crippen LogP contribution is -2.34. The quantitative estimate of drug-likeness (QED) is 0.422. The highest BCUT2D eigenvalue weighted by Crippen LogP contribution is 2.32. The van der Waals surface area contributed by atoms with E-state index in [2.05, 4.69) is 67.3 Å². The van der Waals surface area contributed by atoms with Gasteiger partial charge in [-0.25, -0.2) is 9.97 Å². The second-order valence-electron chi connectivity index (χ2n) is 8.92. The van der Waals surface area contributed by atoms with E-state index in [1.54, 1.807) is 6.20 Å². The van der Waals surface area contributed by atoms with Crippen molar-refractivity contribution in [3.8, 4) is 17.1 Å². The fourth-order valence-electron chi connectivity index (χ4n) is 4.66. The number of carbonyl (C=O) groups is 1. The van der Waals surface area contributed by atoms with Gasteiger partial charge in [-0.3, -0.25) is 4.79 Å². The second-order valence-corrected chi connectivity index (χ2v) is 9.77. The molecule has 4 heterocycles. The van der Waals surface area contributed by atoms with E-state index in [-0.39, 0.29) is 5.91 Å². The van der Waals surface area contributed by atoms with Crippen molar-refractivity contribution in [2.24, 2.45) is 0 Å². The maximum Gasteiger partial charge on any atom is 0.253 e. The van der Waals surface area contributed by atoms with Crippen molar-refractivity contribution in [2.45, 2.75) is 20.3 Å². The Morgan fingerprint density at radius 2 is 1.88 bits per heavy atom. The number of nitrogen functional groups attached to an aromatic ring is 1. The van der Waals surface area contributed by atoms with Crippen molar-refractivity contribution in [3.05, 3.63) is 58.0 Å². The Hall–Kier alpha value is -3.17. The number of nitrogens with one attached hydrogen (secondary N) is 1. The van der Waals surface area contributed by atoms with Crippen molar-refractivity contribution >= 4 is 38.7 Å². The van der Waals surface area contributed by atoms with E-state index in [4.69, 9.17) is 5.73 Å². The Morgan fingerprint density at radius 1 is 1.12 bits per heavy atom. The number of rotatable bonds is 3. The van der Waals surface area contributed by atoms with Crippen LogP contribution < -0.4 is 5.73 Å². The maximum atomic E-state index is 13.0. The number of hydrogen-bond donors (Lipinski definition) is 2. The largest absolute Gasteiger partial charge is 0.396 e. The summed E-state index contributed by atoms with van der Waals surface area (Å²) in [6.45, 7) is 7.64. The van der Waals surface area contributed by atoms with Crippen molar-refractivity contribution < 1.29 is 4.79 Å². The van der Waals surface area contributed by atoms with Gasteiger partial charge in [-0.05, 0) is 80.1 Å². The number of aromatic nitrogens is 4. The molecule has 4 aromatic rings. The number of aryl methyl sites for hydroxylation is 1. The zero-order valence-electron chi connectivity index (χ0n) is 19.6. The fraction of sp³-hybridized carbons (Fsp3) is 0.320. The third-order valence-electron chi connectivity index (χ3n) is 6.58. The number of pyridine rings is 1. The van der Waals surface area contributed by atoms with Crippen LogP contribution in [0, 0.1) is 13.8 Å². The van der Waals surface area contributed by atoms with Gasteiger partial charge in [0.2, 0.25) is 0 Å². The molecule has 34 heavy (non-hydrogen) atoms. The normalized spacial score (nSPS) is 15.1. The van der Waals surface area contributed by atoms with Crippen molar-refractivity contribution in [3.63, 3.8) is 0 Å². The molecule has 1 fully saturated rings. The number of benzene rings is 1. The molecule has 1 aromatic carbocycles. The molecule has 176 valence electrons. The van der Waals surface area contributed by atoms with E-state index in [9.17, 15) is 4.79 Å². The highest BCUT2D eigenvalue weighted by molar-refractivity contribution is 9.10. The van der Waals surface area contributed by atoms with Gasteiger partial charge in [-0.2, -0.15) is 0 Å². The Kier molecular flexibility index (Phi) is 5.91. The van der Waals surface area contributed by atoms with Crippen LogP contribution in [0.4, 0.5) is 5.69 Å². The van der Waals surface area contributed by atoms with Crippen LogP contribution in [0.5, 0.6) is 0 Å². The molecule has 0 aliphatic carbocycles. The van der Waals surface area contributed by atoms with Crippen molar-refractivity contribution in [2.75, 3.05) is 39.0 Å². The molecule has 1 aliphatic rings. The summed E-state index contributed by atoms with van der Waals surface area (Å²) in [6, 6.07) is 9.97. The standard InChI is InChI=1S/C25H28BrN7O/c1-15-13-19(23-29-22-21(27)20(26)14-28-24(22)30-23)16(2)33(15)18-7-5-17(6-8-18)25(34)32-10-4-9-31(3)11-12-32/h5-8,13-14H,4,9-12H2,1-3H3,(H3,27,28,29,30). The second kappa shape index (κ2) is 8.88. The minimum atomic E-state index is 0.0991. The Labute approximate surface area is 206 Å². The fourth-order valence-corrected chi connectivity index (χ4v) is 4.97. The number of carbonyl (C=O) groups excluding carboxylic acids is 1. The number of amides is 1. The first kappa shape index (κ1) is 22.6. The van der Waals surface area contributed by atoms with Crippen LogP contribution in [0.3, 0.4) is 0 Å². The summed E-state index contributed by atoms with van der Waals surface area (Å²) in [5.41, 5.74) is 12.9. The zero-order chi connectivity index (χ0) is 24.0. The molecule has 0 spiro atoms. The van der Waals surface area contributed by atoms with Crippen LogP contribution in [-0.2, 0) is 0 Å². The molecule has 8 nitrogen and oxygen atoms in total. The summed E-state index contributed by atoms with van der Waals surface area (Å²) in [6.07, 6.45) is 2.67. The molecule has 0 atom stereocenters. The molecule has 3 aromatic heterocycles. The molecule has 1 aliphatic heterocycles. The van der Waals surface area contributed by atoms with Gasteiger partial charge < -0.3 is 25.1 Å². The molecule has 9 heteroatoms. The zero-order valence-corrected chi connectivity index (χ0v) is 21.2. The van der Waals surface area contributed by atoms with E-state index in [0.717, 1.165) is 76.6 Å². The molecule has 1 amide bonds. The molecule has 0 radical (unpaired) electrons. The maximum absolute atomic E-state index is 13.0. The first-order valence-corrected chi connectivity index (χ1v) is 12.2. The smallest absolute Gasteiger partial charge is 0.253 e. The molecule has 5 rings (SSSR count). The van der Waals surface area contributed by atoms with Crippen LogP contribution in [-0.4, -0.2) is 68.5 Å². The van der Waals surface area contributed by atoms with Crippen LogP contribution in [0.15, 0.2) is 41.0 Å². The van der Waals surface area contributed by atoms with Gasteiger partial charge in [0.05, 0.1) is 10.2 Å². The number of H-pyrrole nitrogens is 1. The van der Waals surface area contributed by atoms with Crippen LogP contribution in [0.1, 0.15) is 28.2 Å². The van der Waals surface area contributed by atoms with Crippen molar-refractivity contribution in [1.82, 2.24) is 29.3 Å². The molecular formula is C25H28BrN7O. The van der Waals surface area contributed by atoms with Gasteiger partial charge in [-0.1, -0.05) is 0 Å². The molecule has 0 unspecified atom stereocenters. The van der Waals surface area contributed by atoms with Crippen LogP contribution in [0.2, 0.25) is 0 Å². The van der Waals surface area contributed by atoms with E-state index < -0.39 is 0 Å². The van der Waals surface area contributed by atoms with Crippen LogP contribution >= 0.6 is 15.9 Å². The first-order chi connectivity index (χ1) is 16.3. The number of imidazole rings is 1. The first-order valence-electron chi connectivity index (χ1n) is 11.4. The van der Waals surface area contributed by atoms with E-state index in [1.165, 1.54) is 0 Å². The van der Waals surface area contributed by atoms with E-state index in [1.807, 2.05) is 29.2 Å². The predicted molar refractivity (Wildman–Crippen MR) is 138 cm³/mol. The van der Waals surface area contributed by atoms with Gasteiger partial charge in [-0.15, -0.1) is 0 Å². The van der Waals surface area contributed by atoms with Gasteiger partial charge in [0, 0.05) is 54.0 Å². The SMILES string of the molecule is Cc1cc(-c2nc3ncc(Br)c(N)c3[nH]2)c(C)n1-c1ccc(C(=O)N2CCCN(C)CC2)cc1. The highest BCUT2D eigenvalue weighted by atomic mass is 79.9. The number of nitrogens with zero attached hydrogens (tertiary/aromatic N) is 5. The van der Waals surface area contributed by atoms with E-state index in [0.29, 0.717) is 11.3 Å². The van der Waals surface area contributed by atoms with Gasteiger partial charge >= 0.3 is 0 Å². The number of fused-ring (bicyclic) bond motifs is 1. The predicted octanol–water partition coefficient (Wildman–Crippen LogP) is 4.15. The average molecular weight is 522 g/mol. The Bertz CT molecular complexity index is 1370. The summed E-state index contributed by atoms with van der Waals surface area (Å²) in [5.74, 6) is 0.826. The Morgan fingerprint density at radius 3 is 2.65 bits per heavy atom. The molecule has 0 bridgehead atoms. The Balaban J connectivity index is 1.44. The molecular weight excluding hydrogens is 494 g/mol. The third-order valence-corrected chi connectivity index (χ3v) is 7.21. The number of halogens is 1. The average Bonchev–Trinajstić information content (AvgIpc) is 3.30. The summed E-state index contributed by atoms with van der Waals surface area (Å²) in [4.78, 5) is 29.6. The number of aromatic amines is 1. The molecule has 0 saturated carbocycles. The molecule has 1 saturated heterocycles. The van der Waals surface area contributed by atoms with Crippen molar-refractivity contribution in [1.29, 1.82) is 0 Å².